The topological polar surface area (TPSA) is 58.2 Å². The molecule has 0 unspecified atom stereocenters. The minimum absolute atomic E-state index is 0.0427. The summed E-state index contributed by atoms with van der Waals surface area (Å²) >= 11 is 6.15. The van der Waals surface area contributed by atoms with Crippen LogP contribution in [0.1, 0.15) is 60.5 Å². The maximum absolute atomic E-state index is 12.7. The van der Waals surface area contributed by atoms with Crippen LogP contribution >= 0.6 is 11.6 Å². The number of benzene rings is 2. The largest absolute Gasteiger partial charge is 0.356 e. The Balaban J connectivity index is 1.64. The van der Waals surface area contributed by atoms with Crippen molar-refractivity contribution in [1.82, 2.24) is 10.6 Å². The fourth-order valence-electron chi connectivity index (χ4n) is 3.73. The van der Waals surface area contributed by atoms with Crippen molar-refractivity contribution < 1.29 is 9.59 Å². The first kappa shape index (κ1) is 20.4. The number of halogens is 1. The molecule has 2 amide bonds. The van der Waals surface area contributed by atoms with Crippen molar-refractivity contribution in [3.63, 3.8) is 0 Å². The van der Waals surface area contributed by atoms with Gasteiger partial charge in [0.1, 0.15) is 0 Å². The van der Waals surface area contributed by atoms with Crippen LogP contribution < -0.4 is 10.6 Å². The lowest BCUT2D eigenvalue weighted by Crippen LogP contribution is -2.36. The van der Waals surface area contributed by atoms with E-state index in [1.165, 1.54) is 32.1 Å². The molecule has 3 rings (SSSR count). The zero-order valence-corrected chi connectivity index (χ0v) is 16.8. The molecule has 2 aromatic rings. The normalized spacial score (nSPS) is 15.6. The lowest BCUT2D eigenvalue weighted by Gasteiger charge is -2.23. The smallest absolute Gasteiger partial charge is 0.253 e. The van der Waals surface area contributed by atoms with Gasteiger partial charge in [0.2, 0.25) is 5.91 Å². The van der Waals surface area contributed by atoms with E-state index in [0.29, 0.717) is 16.5 Å². The first-order valence-corrected chi connectivity index (χ1v) is 10.4. The average Bonchev–Trinajstić information content (AvgIpc) is 2.73. The van der Waals surface area contributed by atoms with E-state index < -0.39 is 6.04 Å². The van der Waals surface area contributed by atoms with Crippen LogP contribution in [0.4, 0.5) is 0 Å². The number of amides is 2. The van der Waals surface area contributed by atoms with Crippen LogP contribution in [0, 0.1) is 5.92 Å². The van der Waals surface area contributed by atoms with Crippen LogP contribution in [0.3, 0.4) is 0 Å². The van der Waals surface area contributed by atoms with Crippen molar-refractivity contribution in [2.24, 2.45) is 5.92 Å². The Bertz CT molecular complexity index is 788. The average molecular weight is 399 g/mol. The summed E-state index contributed by atoms with van der Waals surface area (Å²) in [5, 5.41) is 6.43. The van der Waals surface area contributed by atoms with E-state index in [1.54, 1.807) is 24.3 Å². The highest BCUT2D eigenvalue weighted by molar-refractivity contribution is 6.33. The van der Waals surface area contributed by atoms with E-state index in [-0.39, 0.29) is 18.2 Å². The van der Waals surface area contributed by atoms with Crippen molar-refractivity contribution in [3.05, 3.63) is 70.7 Å². The van der Waals surface area contributed by atoms with E-state index in [2.05, 4.69) is 10.6 Å². The lowest BCUT2D eigenvalue weighted by atomic mass is 9.89. The van der Waals surface area contributed by atoms with Gasteiger partial charge in [-0.25, -0.2) is 0 Å². The molecular formula is C23H27ClN2O2. The maximum Gasteiger partial charge on any atom is 0.253 e. The standard InChI is InChI=1S/C23H27ClN2O2/c24-20-14-8-7-13-19(20)23(28)26-21(18-11-5-2-6-12-18)15-22(27)25-16-17-9-3-1-4-10-17/h2,5-8,11-14,17,21H,1,3-4,9-10,15-16H2,(H,25,27)(H,26,28)/t21-/m0/s1. The van der Waals surface area contributed by atoms with Crippen LogP contribution in [0.25, 0.3) is 0 Å². The van der Waals surface area contributed by atoms with Gasteiger partial charge >= 0.3 is 0 Å². The summed E-state index contributed by atoms with van der Waals surface area (Å²) in [6, 6.07) is 16.1. The third-order valence-electron chi connectivity index (χ3n) is 5.33. The minimum atomic E-state index is -0.406. The fourth-order valence-corrected chi connectivity index (χ4v) is 3.95. The molecule has 28 heavy (non-hydrogen) atoms. The van der Waals surface area contributed by atoms with Gasteiger partial charge in [0.25, 0.3) is 5.91 Å². The van der Waals surface area contributed by atoms with Crippen LogP contribution in [0.15, 0.2) is 54.6 Å². The predicted octanol–water partition coefficient (Wildman–Crippen LogP) is 4.90. The molecule has 0 aromatic heterocycles. The van der Waals surface area contributed by atoms with Crippen LogP contribution in [0.2, 0.25) is 5.02 Å². The van der Waals surface area contributed by atoms with Gasteiger partial charge in [-0.1, -0.05) is 73.3 Å². The van der Waals surface area contributed by atoms with E-state index in [9.17, 15) is 9.59 Å². The molecule has 5 heteroatoms. The Morgan fingerprint density at radius 2 is 1.64 bits per heavy atom. The second-order valence-corrected chi connectivity index (χ2v) is 7.84. The Morgan fingerprint density at radius 3 is 2.36 bits per heavy atom. The predicted molar refractivity (Wildman–Crippen MR) is 112 cm³/mol. The number of hydrogen-bond donors (Lipinski definition) is 2. The number of carbonyl (C=O) groups excluding carboxylic acids is 2. The Kier molecular flexibility index (Phi) is 7.49. The van der Waals surface area contributed by atoms with Crippen molar-refractivity contribution >= 4 is 23.4 Å². The maximum atomic E-state index is 12.7. The molecule has 2 aromatic carbocycles. The van der Waals surface area contributed by atoms with Crippen molar-refractivity contribution in [1.29, 1.82) is 0 Å². The quantitative estimate of drug-likeness (QED) is 0.697. The third-order valence-corrected chi connectivity index (χ3v) is 5.66. The van der Waals surface area contributed by atoms with Gasteiger partial charge in [-0.05, 0) is 36.5 Å². The van der Waals surface area contributed by atoms with E-state index in [4.69, 9.17) is 11.6 Å². The van der Waals surface area contributed by atoms with E-state index >= 15 is 0 Å². The Hall–Kier alpha value is -2.33. The first-order chi connectivity index (χ1) is 13.6. The molecule has 1 fully saturated rings. The minimum Gasteiger partial charge on any atom is -0.356 e. The summed E-state index contributed by atoms with van der Waals surface area (Å²) in [5.41, 5.74) is 1.31. The molecule has 2 N–H and O–H groups in total. The summed E-state index contributed by atoms with van der Waals surface area (Å²) in [6.45, 7) is 0.721. The monoisotopic (exact) mass is 398 g/mol. The summed E-state index contributed by atoms with van der Waals surface area (Å²) < 4.78 is 0. The molecule has 148 valence electrons. The number of hydrogen-bond acceptors (Lipinski definition) is 2. The fraction of sp³-hybridized carbons (Fsp3) is 0.391. The molecule has 1 atom stereocenters. The summed E-state index contributed by atoms with van der Waals surface area (Å²) in [5.74, 6) is 0.254. The highest BCUT2D eigenvalue weighted by Gasteiger charge is 2.21. The van der Waals surface area contributed by atoms with Gasteiger partial charge < -0.3 is 10.6 Å². The molecule has 0 saturated heterocycles. The number of rotatable bonds is 7. The molecule has 1 aliphatic rings. The van der Waals surface area contributed by atoms with Crippen molar-refractivity contribution in [2.75, 3.05) is 6.54 Å². The summed E-state index contributed by atoms with van der Waals surface area (Å²) in [6.07, 6.45) is 6.38. The second-order valence-electron chi connectivity index (χ2n) is 7.43. The van der Waals surface area contributed by atoms with Gasteiger partial charge in [0.15, 0.2) is 0 Å². The second kappa shape index (κ2) is 10.3. The Labute approximate surface area is 171 Å². The van der Waals surface area contributed by atoms with Gasteiger partial charge in [-0.2, -0.15) is 0 Å². The molecule has 0 spiro atoms. The molecule has 0 aliphatic heterocycles. The third kappa shape index (κ3) is 5.83. The van der Waals surface area contributed by atoms with Crippen LogP contribution in [-0.2, 0) is 4.79 Å². The van der Waals surface area contributed by atoms with Crippen LogP contribution in [0.5, 0.6) is 0 Å². The Morgan fingerprint density at radius 1 is 0.964 bits per heavy atom. The first-order valence-electron chi connectivity index (χ1n) is 10.0. The molecular weight excluding hydrogens is 372 g/mol. The molecule has 0 radical (unpaired) electrons. The van der Waals surface area contributed by atoms with Gasteiger partial charge in [-0.3, -0.25) is 9.59 Å². The molecule has 1 aliphatic carbocycles. The van der Waals surface area contributed by atoms with Crippen molar-refractivity contribution in [2.45, 2.75) is 44.6 Å². The van der Waals surface area contributed by atoms with E-state index in [0.717, 1.165) is 12.1 Å². The molecule has 0 heterocycles. The summed E-state index contributed by atoms with van der Waals surface area (Å²) in [7, 11) is 0. The van der Waals surface area contributed by atoms with Gasteiger partial charge in [-0.15, -0.1) is 0 Å². The highest BCUT2D eigenvalue weighted by Crippen LogP contribution is 2.23. The zero-order chi connectivity index (χ0) is 19.8. The number of nitrogens with one attached hydrogen (secondary N) is 2. The van der Waals surface area contributed by atoms with Gasteiger partial charge in [0, 0.05) is 6.54 Å². The number of carbonyl (C=O) groups is 2. The van der Waals surface area contributed by atoms with Crippen LogP contribution in [-0.4, -0.2) is 18.4 Å². The van der Waals surface area contributed by atoms with Gasteiger partial charge in [0.05, 0.1) is 23.0 Å². The zero-order valence-electron chi connectivity index (χ0n) is 16.0. The lowest BCUT2D eigenvalue weighted by molar-refractivity contribution is -0.121. The molecule has 1 saturated carbocycles. The molecule has 0 bridgehead atoms. The van der Waals surface area contributed by atoms with Crippen molar-refractivity contribution in [3.8, 4) is 0 Å². The SMILES string of the molecule is O=C(C[C@H](NC(=O)c1ccccc1Cl)c1ccccc1)NCC1CCCCC1. The molecule has 4 nitrogen and oxygen atoms in total. The van der Waals surface area contributed by atoms with E-state index in [1.807, 2.05) is 30.3 Å². The summed E-state index contributed by atoms with van der Waals surface area (Å²) in [4.78, 5) is 25.3. The highest BCUT2D eigenvalue weighted by atomic mass is 35.5.